The Morgan fingerprint density at radius 2 is 1.74 bits per heavy atom. The quantitative estimate of drug-likeness (QED) is 0.0189. The molecule has 0 saturated carbocycles. The van der Waals surface area contributed by atoms with E-state index in [4.69, 9.17) is 14.5 Å². The van der Waals surface area contributed by atoms with Gasteiger partial charge in [-0.05, 0) is 101 Å². The number of fused-ring (bicyclic) bond motifs is 5. The molecule has 0 bridgehead atoms. The highest BCUT2D eigenvalue weighted by Crippen LogP contribution is 2.46. The molecule has 4 aromatic rings. The second-order valence-electron chi connectivity index (χ2n) is 20.1. The Labute approximate surface area is 445 Å². The highest BCUT2D eigenvalue weighted by molar-refractivity contribution is 7.90. The van der Waals surface area contributed by atoms with Crippen LogP contribution < -0.4 is 32.1 Å². The van der Waals surface area contributed by atoms with Crippen LogP contribution in [0.15, 0.2) is 34.5 Å². The van der Waals surface area contributed by atoms with E-state index in [1.807, 2.05) is 19.0 Å². The Hall–Kier alpha value is -7.20. The van der Waals surface area contributed by atoms with Crippen molar-refractivity contribution in [2.45, 2.75) is 128 Å². The maximum atomic E-state index is 15.4. The van der Waals surface area contributed by atoms with Crippen LogP contribution in [0.3, 0.4) is 0 Å². The zero-order valence-corrected chi connectivity index (χ0v) is 45.0. The van der Waals surface area contributed by atoms with Crippen LogP contribution in [0.2, 0.25) is 0 Å². The first-order valence-electron chi connectivity index (χ1n) is 25.5. The zero-order valence-electron chi connectivity index (χ0n) is 44.2. The number of sulfone groups is 1. The maximum Gasteiger partial charge on any atom is 0.343 e. The number of esters is 1. The minimum atomic E-state index is -3.55. The fraction of sp³-hybridized carbons (Fsp3) is 0.509. The van der Waals surface area contributed by atoms with Crippen molar-refractivity contribution < 1.29 is 56.2 Å². The molecule has 1 aliphatic carbocycles. The second kappa shape index (κ2) is 24.4. The molecule has 3 aliphatic rings. The van der Waals surface area contributed by atoms with Gasteiger partial charge < -0.3 is 50.6 Å². The summed E-state index contributed by atoms with van der Waals surface area (Å²) >= 11 is 0. The number of aromatic nitrogens is 4. The fourth-order valence-electron chi connectivity index (χ4n) is 9.72. The van der Waals surface area contributed by atoms with Gasteiger partial charge in [0, 0.05) is 54.1 Å². The SMILES string of the molecule is CC[C@@]1(O)C(=O)OCc2c1cc1n(c2=O)Cc2c-1nc1cc(F)c(C)c3c1c2[C@@H](NC(=O)COCNC(=O)CNC(=O)[C@H](CCCCN(C)C)NC(=O)[C@@H](NC(=O)CCCC#Cc1cnc(S(C)(=O)=O)nc1)C(C)C)CC3. The molecule has 7 rings (SSSR count). The number of hydrogen-bond acceptors (Lipinski definition) is 16. The Kier molecular flexibility index (Phi) is 18.2. The summed E-state index contributed by atoms with van der Waals surface area (Å²) in [5, 5.41) is 25.3. The number of nitrogens with one attached hydrogen (secondary N) is 5. The molecule has 412 valence electrons. The molecule has 0 spiro atoms. The van der Waals surface area contributed by atoms with Gasteiger partial charge in [-0.1, -0.05) is 32.6 Å². The number of cyclic esters (lactones) is 1. The van der Waals surface area contributed by atoms with E-state index in [0.29, 0.717) is 76.6 Å². The van der Waals surface area contributed by atoms with Crippen molar-refractivity contribution in [3.8, 4) is 23.2 Å². The van der Waals surface area contributed by atoms with Gasteiger partial charge in [-0.2, -0.15) is 0 Å². The van der Waals surface area contributed by atoms with Crippen LogP contribution in [0.25, 0.3) is 22.3 Å². The predicted octanol–water partition coefficient (Wildman–Crippen LogP) is 1.61. The molecule has 6 N–H and O–H groups in total. The Morgan fingerprint density at radius 1 is 1.00 bits per heavy atom. The standard InChI is InChI=1S/C53H65FN10O12S/c1-8-53(72)35-20-40-47-33(25-64(40)50(70)34(35)26-76-51(53)71)45-37(18-17-32-30(4)36(54)21-39(60-47)44(32)45)59-43(67)27-75-28-58-42(66)24-55-48(68)38(15-12-13-19-63(5)6)61-49(69)46(29(2)3)62-41(65)16-11-9-10-14-31-22-56-52(57-23-31)77(7,73)74/h20-23,29,37-38,46,72H,8-9,11-13,15-19,24-28H2,1-7H3,(H,55,68)(H,58,66)(H,59,67)(H,61,69)(H,62,65)/t37-,38-,46-,53-/m0/s1. The number of benzene rings is 1. The predicted molar refractivity (Wildman–Crippen MR) is 277 cm³/mol. The number of pyridine rings is 2. The molecule has 5 amide bonds. The zero-order chi connectivity index (χ0) is 55.9. The van der Waals surface area contributed by atoms with E-state index in [-0.39, 0.29) is 54.6 Å². The van der Waals surface area contributed by atoms with Gasteiger partial charge in [-0.15, -0.1) is 0 Å². The average molecular weight is 1090 g/mol. The van der Waals surface area contributed by atoms with Crippen LogP contribution in [-0.4, -0.2) is 132 Å². The van der Waals surface area contributed by atoms with Crippen molar-refractivity contribution >= 4 is 56.2 Å². The van der Waals surface area contributed by atoms with Gasteiger partial charge in [0.2, 0.25) is 44.5 Å². The Morgan fingerprint density at radius 3 is 2.43 bits per heavy atom. The molecule has 77 heavy (non-hydrogen) atoms. The third-order valence-corrected chi connectivity index (χ3v) is 14.8. The van der Waals surface area contributed by atoms with Gasteiger partial charge in [-0.3, -0.25) is 28.8 Å². The van der Waals surface area contributed by atoms with E-state index >= 15 is 4.39 Å². The molecule has 0 saturated heterocycles. The van der Waals surface area contributed by atoms with E-state index in [9.17, 15) is 47.1 Å². The number of ether oxygens (including phenoxy) is 2. The van der Waals surface area contributed by atoms with Gasteiger partial charge in [0.15, 0.2) is 5.60 Å². The van der Waals surface area contributed by atoms with Crippen molar-refractivity contribution in [2.75, 3.05) is 46.8 Å². The van der Waals surface area contributed by atoms with Gasteiger partial charge in [0.1, 0.15) is 37.8 Å². The van der Waals surface area contributed by atoms with E-state index < -0.39 is 100 Å². The molecule has 0 fully saturated rings. The largest absolute Gasteiger partial charge is 0.458 e. The van der Waals surface area contributed by atoms with Crippen LogP contribution in [-0.2, 0) is 73.3 Å². The number of rotatable bonds is 22. The average Bonchev–Trinajstić information content (AvgIpc) is 3.92. The lowest BCUT2D eigenvalue weighted by Crippen LogP contribution is -2.56. The number of nitrogens with zero attached hydrogens (tertiary/aromatic N) is 5. The lowest BCUT2D eigenvalue weighted by atomic mass is 9.81. The van der Waals surface area contributed by atoms with Crippen LogP contribution in [0.4, 0.5) is 4.39 Å². The molecule has 22 nitrogen and oxygen atoms in total. The number of aryl methyl sites for hydroxylation is 1. The smallest absolute Gasteiger partial charge is 0.343 e. The third kappa shape index (κ3) is 13.1. The van der Waals surface area contributed by atoms with Crippen LogP contribution in [0.5, 0.6) is 0 Å². The summed E-state index contributed by atoms with van der Waals surface area (Å²) in [6.45, 7) is 5.91. The fourth-order valence-corrected chi connectivity index (χ4v) is 10.2. The van der Waals surface area contributed by atoms with Gasteiger partial charge in [0.05, 0.1) is 47.2 Å². The number of amides is 5. The third-order valence-electron chi connectivity index (χ3n) is 13.9. The summed E-state index contributed by atoms with van der Waals surface area (Å²) in [4.78, 5) is 108. The molecule has 3 aromatic heterocycles. The summed E-state index contributed by atoms with van der Waals surface area (Å²) in [6, 6.07) is 0.247. The molecular weight excluding hydrogens is 1020 g/mol. The van der Waals surface area contributed by atoms with Gasteiger partial charge >= 0.3 is 5.97 Å². The van der Waals surface area contributed by atoms with Gasteiger partial charge in [0.25, 0.3) is 5.56 Å². The van der Waals surface area contributed by atoms with Crippen molar-refractivity contribution in [3.63, 3.8) is 0 Å². The van der Waals surface area contributed by atoms with Crippen molar-refractivity contribution in [1.82, 2.24) is 51.0 Å². The molecule has 24 heteroatoms. The normalized spacial score (nSPS) is 17.0. The molecule has 0 radical (unpaired) electrons. The number of carbonyl (C=O) groups excluding carboxylic acids is 6. The molecule has 5 heterocycles. The molecular formula is C53H65FN10O12S. The Balaban J connectivity index is 0.922. The second-order valence-corrected chi connectivity index (χ2v) is 22.0. The summed E-state index contributed by atoms with van der Waals surface area (Å²) in [5.41, 5.74) is 1.64. The van der Waals surface area contributed by atoms with E-state index in [1.165, 1.54) is 23.0 Å². The Bertz CT molecular complexity index is 3230. The number of carbonyl (C=O) groups is 6. The highest BCUT2D eigenvalue weighted by Gasteiger charge is 2.46. The maximum absolute atomic E-state index is 15.4. The van der Waals surface area contributed by atoms with Crippen molar-refractivity contribution in [2.24, 2.45) is 5.92 Å². The molecule has 4 atom stereocenters. The van der Waals surface area contributed by atoms with E-state index in [1.54, 1.807) is 33.8 Å². The number of hydrogen-bond donors (Lipinski definition) is 6. The summed E-state index contributed by atoms with van der Waals surface area (Å²) < 4.78 is 50.8. The molecule has 1 aromatic carbocycles. The monoisotopic (exact) mass is 1080 g/mol. The van der Waals surface area contributed by atoms with E-state index in [2.05, 4.69) is 48.4 Å². The highest BCUT2D eigenvalue weighted by atomic mass is 32.2. The minimum absolute atomic E-state index is 0.0455. The number of unbranched alkanes of at least 4 members (excludes halogenated alkanes) is 2. The lowest BCUT2D eigenvalue weighted by Gasteiger charge is -2.31. The topological polar surface area (TPSA) is 299 Å². The van der Waals surface area contributed by atoms with Gasteiger partial charge in [-0.25, -0.2) is 32.6 Å². The van der Waals surface area contributed by atoms with E-state index in [0.717, 1.165) is 24.8 Å². The minimum Gasteiger partial charge on any atom is -0.458 e. The first-order chi connectivity index (χ1) is 36.5. The number of aliphatic hydroxyl groups is 1. The van der Waals surface area contributed by atoms with Crippen molar-refractivity contribution in [3.05, 3.63) is 79.6 Å². The summed E-state index contributed by atoms with van der Waals surface area (Å²) in [6.07, 6.45) is 6.60. The lowest BCUT2D eigenvalue weighted by molar-refractivity contribution is -0.172. The molecule has 2 aliphatic heterocycles. The van der Waals surface area contributed by atoms with Crippen LogP contribution in [0, 0.1) is 30.5 Å². The first-order valence-corrected chi connectivity index (χ1v) is 27.4. The number of halogens is 1. The summed E-state index contributed by atoms with van der Waals surface area (Å²) in [7, 11) is 0.279. The first kappa shape index (κ1) is 57.5. The summed E-state index contributed by atoms with van der Waals surface area (Å²) in [5.74, 6) is 1.27. The van der Waals surface area contributed by atoms with Crippen molar-refractivity contribution in [1.29, 1.82) is 0 Å². The van der Waals surface area contributed by atoms with Crippen LogP contribution in [0.1, 0.15) is 117 Å². The molecule has 0 unspecified atom stereocenters. The van der Waals surface area contributed by atoms with Crippen LogP contribution >= 0.6 is 0 Å².